The van der Waals surface area contributed by atoms with Crippen LogP contribution in [0.4, 0.5) is 0 Å². The predicted molar refractivity (Wildman–Crippen MR) is 107 cm³/mol. The molecule has 28 heavy (non-hydrogen) atoms. The molecule has 1 N–H and O–H groups in total. The highest BCUT2D eigenvalue weighted by Crippen LogP contribution is 2.42. The topological polar surface area (TPSA) is 59.0 Å². The normalized spacial score (nSPS) is 33.4. The quantitative estimate of drug-likeness (QED) is 0.786. The molecule has 1 saturated carbocycles. The Morgan fingerprint density at radius 2 is 1.82 bits per heavy atom. The van der Waals surface area contributed by atoms with Gasteiger partial charge in [0.1, 0.15) is 6.10 Å². The van der Waals surface area contributed by atoms with Crippen LogP contribution in [0.15, 0.2) is 30.3 Å². The van der Waals surface area contributed by atoms with E-state index < -0.39 is 11.6 Å². The fourth-order valence-electron chi connectivity index (χ4n) is 5.70. The molecule has 154 valence electrons. The molecule has 5 heteroatoms. The molecule has 2 saturated heterocycles. The number of likely N-dealkylation sites (N-methyl/N-ethyl adjacent to an activating group) is 1. The van der Waals surface area contributed by atoms with E-state index in [2.05, 4.69) is 11.9 Å². The molecular weight excluding hydrogens is 354 g/mol. The number of hydrogen-bond acceptors (Lipinski definition) is 5. The Hall–Kier alpha value is -1.43. The van der Waals surface area contributed by atoms with Crippen molar-refractivity contribution in [1.29, 1.82) is 0 Å². The number of piperidine rings is 1. The highest BCUT2D eigenvalue weighted by atomic mass is 16.6. The number of carbonyl (C=O) groups is 1. The number of methoxy groups -OCH3 is 1. The van der Waals surface area contributed by atoms with Gasteiger partial charge in [-0.15, -0.1) is 0 Å². The number of fused-ring (bicyclic) bond motifs is 2. The monoisotopic (exact) mass is 387 g/mol. The fourth-order valence-corrected chi connectivity index (χ4v) is 5.70. The molecular formula is C23H33NO4. The van der Waals surface area contributed by atoms with Gasteiger partial charge in [-0.2, -0.15) is 0 Å². The number of carbonyl (C=O) groups excluding carboxylic acids is 1. The summed E-state index contributed by atoms with van der Waals surface area (Å²) >= 11 is 0. The number of benzene rings is 1. The van der Waals surface area contributed by atoms with Crippen molar-refractivity contribution in [2.75, 3.05) is 14.2 Å². The van der Waals surface area contributed by atoms with E-state index in [1.165, 1.54) is 6.42 Å². The molecule has 5 atom stereocenters. The molecule has 3 aliphatic rings. The van der Waals surface area contributed by atoms with Crippen LogP contribution in [-0.2, 0) is 19.9 Å². The van der Waals surface area contributed by atoms with Crippen molar-refractivity contribution in [3.05, 3.63) is 35.9 Å². The van der Waals surface area contributed by atoms with Crippen molar-refractivity contribution >= 4 is 5.97 Å². The number of hydrogen-bond donors (Lipinski definition) is 1. The summed E-state index contributed by atoms with van der Waals surface area (Å²) in [6.45, 7) is 0. The highest BCUT2D eigenvalue weighted by Gasteiger charge is 2.50. The van der Waals surface area contributed by atoms with Crippen LogP contribution in [0.5, 0.6) is 0 Å². The van der Waals surface area contributed by atoms with E-state index in [0.717, 1.165) is 44.9 Å². The van der Waals surface area contributed by atoms with E-state index in [-0.39, 0.29) is 24.2 Å². The molecule has 4 rings (SSSR count). The largest absolute Gasteiger partial charge is 0.460 e. The second-order valence-corrected chi connectivity index (χ2v) is 8.86. The molecule has 0 spiro atoms. The summed E-state index contributed by atoms with van der Waals surface area (Å²) in [5.74, 6) is -0.542. The SMILES string of the molecule is COC1CC2C[C@H](OC(=O)C(O)(c3ccccc3)C3CCCCC3)CC1N2C. The standard InChI is InChI=1S/C23H33NO4/c1-24-18-13-19(15-20(24)21(14-18)27-2)28-22(25)23(26,16-9-5-3-6-10-16)17-11-7-4-8-12-17/h3,5-6,9-10,17-21,26H,4,7-8,11-15H2,1-2H3/t18?,19-,20?,21?,23?/m0/s1. The summed E-state index contributed by atoms with van der Waals surface area (Å²) in [5.41, 5.74) is -0.886. The van der Waals surface area contributed by atoms with Crippen LogP contribution in [0.1, 0.15) is 56.9 Å². The van der Waals surface area contributed by atoms with Crippen molar-refractivity contribution in [3.63, 3.8) is 0 Å². The molecule has 5 nitrogen and oxygen atoms in total. The van der Waals surface area contributed by atoms with Gasteiger partial charge in [-0.3, -0.25) is 4.90 Å². The van der Waals surface area contributed by atoms with Crippen LogP contribution in [0.25, 0.3) is 0 Å². The first-order chi connectivity index (χ1) is 13.5. The van der Waals surface area contributed by atoms with Gasteiger partial charge in [0, 0.05) is 38.0 Å². The molecule has 2 bridgehead atoms. The van der Waals surface area contributed by atoms with Gasteiger partial charge in [0.25, 0.3) is 0 Å². The molecule has 3 fully saturated rings. The van der Waals surface area contributed by atoms with Crippen LogP contribution in [0, 0.1) is 5.92 Å². The van der Waals surface area contributed by atoms with Crippen LogP contribution in [-0.4, -0.2) is 54.4 Å². The summed E-state index contributed by atoms with van der Waals surface area (Å²) in [5, 5.41) is 11.7. The first kappa shape index (κ1) is 19.9. The molecule has 0 radical (unpaired) electrons. The van der Waals surface area contributed by atoms with Crippen molar-refractivity contribution in [3.8, 4) is 0 Å². The zero-order chi connectivity index (χ0) is 19.7. The Kier molecular flexibility index (Phi) is 5.77. The van der Waals surface area contributed by atoms with Crippen molar-refractivity contribution in [1.82, 2.24) is 4.90 Å². The minimum Gasteiger partial charge on any atom is -0.460 e. The third-order valence-corrected chi connectivity index (χ3v) is 7.37. The second-order valence-electron chi connectivity index (χ2n) is 8.86. The molecule has 0 aromatic heterocycles. The Balaban J connectivity index is 1.53. The van der Waals surface area contributed by atoms with Gasteiger partial charge >= 0.3 is 5.97 Å². The number of aliphatic hydroxyl groups is 1. The first-order valence-corrected chi connectivity index (χ1v) is 10.8. The molecule has 1 aromatic carbocycles. The number of rotatable bonds is 5. The van der Waals surface area contributed by atoms with Crippen LogP contribution < -0.4 is 0 Å². The Labute approximate surface area is 168 Å². The Morgan fingerprint density at radius 3 is 2.50 bits per heavy atom. The molecule has 1 aromatic rings. The highest BCUT2D eigenvalue weighted by molar-refractivity contribution is 5.81. The lowest BCUT2D eigenvalue weighted by atomic mass is 9.73. The second kappa shape index (κ2) is 8.13. The van der Waals surface area contributed by atoms with Crippen molar-refractivity contribution in [2.24, 2.45) is 5.92 Å². The molecule has 1 aliphatic carbocycles. The lowest BCUT2D eigenvalue weighted by Gasteiger charge is -2.40. The van der Waals surface area contributed by atoms with E-state index in [0.29, 0.717) is 11.6 Å². The minimum atomic E-state index is -1.55. The molecule has 2 aliphatic heterocycles. The van der Waals surface area contributed by atoms with Crippen molar-refractivity contribution in [2.45, 2.75) is 81.3 Å². The maximum Gasteiger partial charge on any atom is 0.343 e. The minimum absolute atomic E-state index is 0.0779. The summed E-state index contributed by atoms with van der Waals surface area (Å²) in [4.78, 5) is 15.7. The summed E-state index contributed by atoms with van der Waals surface area (Å²) in [6.07, 6.45) is 7.63. The van der Waals surface area contributed by atoms with E-state index in [9.17, 15) is 9.90 Å². The van der Waals surface area contributed by atoms with Gasteiger partial charge in [-0.25, -0.2) is 4.79 Å². The summed E-state index contributed by atoms with van der Waals surface area (Å²) in [7, 11) is 3.90. The zero-order valence-corrected chi connectivity index (χ0v) is 17.0. The van der Waals surface area contributed by atoms with E-state index >= 15 is 0 Å². The Bertz CT molecular complexity index is 674. The van der Waals surface area contributed by atoms with Crippen LogP contribution in [0.3, 0.4) is 0 Å². The van der Waals surface area contributed by atoms with Gasteiger partial charge in [-0.1, -0.05) is 49.6 Å². The van der Waals surface area contributed by atoms with Crippen LogP contribution in [0.2, 0.25) is 0 Å². The van der Waals surface area contributed by atoms with Gasteiger partial charge in [-0.05, 0) is 31.9 Å². The zero-order valence-electron chi connectivity index (χ0n) is 17.0. The summed E-state index contributed by atoms with van der Waals surface area (Å²) in [6, 6.07) is 10.0. The number of nitrogens with zero attached hydrogens (tertiary/aromatic N) is 1. The van der Waals surface area contributed by atoms with E-state index in [1.807, 2.05) is 30.3 Å². The molecule has 4 unspecified atom stereocenters. The predicted octanol–water partition coefficient (Wildman–Crippen LogP) is 3.25. The van der Waals surface area contributed by atoms with Crippen LogP contribution >= 0.6 is 0 Å². The lowest BCUT2D eigenvalue weighted by molar-refractivity contribution is -0.184. The number of ether oxygens (including phenoxy) is 2. The number of esters is 1. The smallest absolute Gasteiger partial charge is 0.343 e. The summed E-state index contributed by atoms with van der Waals surface area (Å²) < 4.78 is 11.7. The fraction of sp³-hybridized carbons (Fsp3) is 0.696. The average molecular weight is 388 g/mol. The maximum absolute atomic E-state index is 13.4. The van der Waals surface area contributed by atoms with E-state index in [1.54, 1.807) is 7.11 Å². The average Bonchev–Trinajstić information content (AvgIpc) is 2.91. The third-order valence-electron chi connectivity index (χ3n) is 7.37. The van der Waals surface area contributed by atoms with Gasteiger partial charge in [0.15, 0.2) is 5.60 Å². The Morgan fingerprint density at radius 1 is 1.11 bits per heavy atom. The van der Waals surface area contributed by atoms with Gasteiger partial charge in [0.2, 0.25) is 0 Å². The molecule has 2 heterocycles. The van der Waals surface area contributed by atoms with Gasteiger partial charge in [0.05, 0.1) is 6.10 Å². The van der Waals surface area contributed by atoms with Gasteiger partial charge < -0.3 is 14.6 Å². The first-order valence-electron chi connectivity index (χ1n) is 10.8. The third kappa shape index (κ3) is 3.49. The van der Waals surface area contributed by atoms with E-state index in [4.69, 9.17) is 9.47 Å². The maximum atomic E-state index is 13.4. The van der Waals surface area contributed by atoms with Crippen molar-refractivity contribution < 1.29 is 19.4 Å². The lowest BCUT2D eigenvalue weighted by Crippen LogP contribution is -2.50. The molecule has 0 amide bonds.